The van der Waals surface area contributed by atoms with Gasteiger partial charge in [-0.05, 0) is 73.6 Å². The van der Waals surface area contributed by atoms with E-state index in [1.165, 1.54) is 12.0 Å². The lowest BCUT2D eigenvalue weighted by molar-refractivity contribution is 0.0663. The monoisotopic (exact) mass is 280 g/mol. The third-order valence-corrected chi connectivity index (χ3v) is 4.83. The molecule has 0 saturated carbocycles. The van der Waals surface area contributed by atoms with E-state index in [9.17, 15) is 5.11 Å². The van der Waals surface area contributed by atoms with Gasteiger partial charge in [0.2, 0.25) is 0 Å². The number of benzene rings is 1. The second kappa shape index (κ2) is 5.72. The van der Waals surface area contributed by atoms with Crippen molar-refractivity contribution in [2.24, 2.45) is 5.92 Å². The SMILES string of the molecule is Oc1c(CC2CCOCC2)cc(Cl)c2c1CCCC2. The zero-order valence-electron chi connectivity index (χ0n) is 11.3. The topological polar surface area (TPSA) is 29.5 Å². The molecule has 1 heterocycles. The predicted molar refractivity (Wildman–Crippen MR) is 77.0 cm³/mol. The van der Waals surface area contributed by atoms with Gasteiger partial charge in [0.15, 0.2) is 0 Å². The second-order valence-corrected chi connectivity index (χ2v) is 6.20. The van der Waals surface area contributed by atoms with Crippen molar-refractivity contribution in [1.82, 2.24) is 0 Å². The molecule has 0 bridgehead atoms. The van der Waals surface area contributed by atoms with Crippen molar-refractivity contribution in [2.75, 3.05) is 13.2 Å². The van der Waals surface area contributed by atoms with Crippen LogP contribution in [0.5, 0.6) is 5.75 Å². The Labute approximate surface area is 119 Å². The van der Waals surface area contributed by atoms with E-state index in [1.807, 2.05) is 6.07 Å². The minimum atomic E-state index is 0.519. The standard InChI is InChI=1S/C16H21ClO2/c17-15-10-12(9-11-5-7-19-8-6-11)16(18)14-4-2-1-3-13(14)15/h10-11,18H,1-9H2. The highest BCUT2D eigenvalue weighted by molar-refractivity contribution is 6.31. The molecule has 1 N–H and O–H groups in total. The number of ether oxygens (including phenoxy) is 1. The van der Waals surface area contributed by atoms with Crippen molar-refractivity contribution in [3.8, 4) is 5.75 Å². The summed E-state index contributed by atoms with van der Waals surface area (Å²) < 4.78 is 5.39. The Morgan fingerprint density at radius 1 is 1.16 bits per heavy atom. The number of hydrogen-bond donors (Lipinski definition) is 1. The number of phenols is 1. The summed E-state index contributed by atoms with van der Waals surface area (Å²) in [5.41, 5.74) is 3.33. The van der Waals surface area contributed by atoms with Crippen molar-refractivity contribution in [3.05, 3.63) is 27.8 Å². The van der Waals surface area contributed by atoms with Crippen LogP contribution in [-0.4, -0.2) is 18.3 Å². The van der Waals surface area contributed by atoms with E-state index in [-0.39, 0.29) is 0 Å². The summed E-state index contributed by atoms with van der Waals surface area (Å²) in [7, 11) is 0. The van der Waals surface area contributed by atoms with Crippen molar-refractivity contribution in [1.29, 1.82) is 0 Å². The maximum Gasteiger partial charge on any atom is 0.122 e. The zero-order chi connectivity index (χ0) is 13.2. The summed E-state index contributed by atoms with van der Waals surface area (Å²) in [5, 5.41) is 11.4. The van der Waals surface area contributed by atoms with E-state index in [4.69, 9.17) is 16.3 Å². The van der Waals surface area contributed by atoms with Crippen LogP contribution in [-0.2, 0) is 24.0 Å². The van der Waals surface area contributed by atoms with Gasteiger partial charge in [0, 0.05) is 18.2 Å². The van der Waals surface area contributed by atoms with E-state index < -0.39 is 0 Å². The molecule has 1 fully saturated rings. The minimum absolute atomic E-state index is 0.519. The van der Waals surface area contributed by atoms with Crippen LogP contribution >= 0.6 is 11.6 Å². The highest BCUT2D eigenvalue weighted by atomic mass is 35.5. The van der Waals surface area contributed by atoms with E-state index in [2.05, 4.69) is 0 Å². The normalized spacial score (nSPS) is 20.3. The molecule has 1 aliphatic heterocycles. The summed E-state index contributed by atoms with van der Waals surface area (Å²) in [5.74, 6) is 1.14. The van der Waals surface area contributed by atoms with Crippen molar-refractivity contribution < 1.29 is 9.84 Å². The summed E-state index contributed by atoms with van der Waals surface area (Å²) >= 11 is 6.40. The van der Waals surface area contributed by atoms with Crippen LogP contribution < -0.4 is 0 Å². The van der Waals surface area contributed by atoms with Crippen molar-refractivity contribution >= 4 is 11.6 Å². The lowest BCUT2D eigenvalue weighted by atomic mass is 9.85. The van der Waals surface area contributed by atoms with Crippen LogP contribution in [0.1, 0.15) is 42.4 Å². The van der Waals surface area contributed by atoms with Crippen LogP contribution in [0.2, 0.25) is 5.02 Å². The fraction of sp³-hybridized carbons (Fsp3) is 0.625. The van der Waals surface area contributed by atoms with E-state index in [0.717, 1.165) is 67.9 Å². The maximum atomic E-state index is 10.5. The van der Waals surface area contributed by atoms with Gasteiger partial charge < -0.3 is 9.84 Å². The fourth-order valence-corrected chi connectivity index (χ4v) is 3.69. The molecular formula is C16H21ClO2. The van der Waals surface area contributed by atoms with Gasteiger partial charge in [-0.15, -0.1) is 0 Å². The Balaban J connectivity index is 1.86. The molecule has 0 radical (unpaired) electrons. The van der Waals surface area contributed by atoms with E-state index in [1.54, 1.807) is 0 Å². The molecule has 1 aromatic rings. The average Bonchev–Trinajstić information content (AvgIpc) is 2.46. The molecule has 1 aromatic carbocycles. The molecule has 104 valence electrons. The van der Waals surface area contributed by atoms with Gasteiger partial charge in [-0.1, -0.05) is 11.6 Å². The number of phenolic OH excluding ortho intramolecular Hbond substituents is 1. The van der Waals surface area contributed by atoms with E-state index in [0.29, 0.717) is 11.7 Å². The molecule has 2 aliphatic rings. The Hall–Kier alpha value is -0.730. The van der Waals surface area contributed by atoms with Crippen LogP contribution in [0.25, 0.3) is 0 Å². The zero-order valence-corrected chi connectivity index (χ0v) is 12.0. The first kappa shape index (κ1) is 13.3. The molecule has 1 aliphatic carbocycles. The van der Waals surface area contributed by atoms with Gasteiger partial charge in [0.1, 0.15) is 5.75 Å². The molecule has 0 amide bonds. The molecule has 0 atom stereocenters. The maximum absolute atomic E-state index is 10.5. The first-order valence-corrected chi connectivity index (χ1v) is 7.73. The third-order valence-electron chi connectivity index (χ3n) is 4.50. The summed E-state index contributed by atoms with van der Waals surface area (Å²) in [6.45, 7) is 1.70. The molecule has 3 rings (SSSR count). The number of halogens is 1. The number of aromatic hydroxyl groups is 1. The van der Waals surface area contributed by atoms with Crippen LogP contribution in [0, 0.1) is 5.92 Å². The van der Waals surface area contributed by atoms with E-state index >= 15 is 0 Å². The Morgan fingerprint density at radius 3 is 2.58 bits per heavy atom. The first-order valence-electron chi connectivity index (χ1n) is 7.35. The smallest absolute Gasteiger partial charge is 0.122 e. The van der Waals surface area contributed by atoms with Crippen molar-refractivity contribution in [3.63, 3.8) is 0 Å². The van der Waals surface area contributed by atoms with Gasteiger partial charge in [0.05, 0.1) is 0 Å². The molecular weight excluding hydrogens is 260 g/mol. The van der Waals surface area contributed by atoms with Gasteiger partial charge >= 0.3 is 0 Å². The number of rotatable bonds is 2. The largest absolute Gasteiger partial charge is 0.507 e. The lowest BCUT2D eigenvalue weighted by Gasteiger charge is -2.25. The Bertz CT molecular complexity index is 464. The summed E-state index contributed by atoms with van der Waals surface area (Å²) in [4.78, 5) is 0. The van der Waals surface area contributed by atoms with Crippen LogP contribution in [0.15, 0.2) is 6.07 Å². The van der Waals surface area contributed by atoms with Crippen LogP contribution in [0.4, 0.5) is 0 Å². The van der Waals surface area contributed by atoms with Gasteiger partial charge in [0.25, 0.3) is 0 Å². The summed E-state index contributed by atoms with van der Waals surface area (Å²) in [6, 6.07) is 2.00. The number of fused-ring (bicyclic) bond motifs is 1. The fourth-order valence-electron chi connectivity index (χ4n) is 3.35. The summed E-state index contributed by atoms with van der Waals surface area (Å²) in [6.07, 6.45) is 7.45. The average molecular weight is 281 g/mol. The molecule has 2 nitrogen and oxygen atoms in total. The van der Waals surface area contributed by atoms with Gasteiger partial charge in [-0.25, -0.2) is 0 Å². The molecule has 19 heavy (non-hydrogen) atoms. The molecule has 0 spiro atoms. The highest BCUT2D eigenvalue weighted by Gasteiger charge is 2.22. The minimum Gasteiger partial charge on any atom is -0.507 e. The quantitative estimate of drug-likeness (QED) is 0.890. The molecule has 0 unspecified atom stereocenters. The highest BCUT2D eigenvalue weighted by Crippen LogP contribution is 2.38. The second-order valence-electron chi connectivity index (χ2n) is 5.79. The molecule has 3 heteroatoms. The number of hydrogen-bond acceptors (Lipinski definition) is 2. The van der Waals surface area contributed by atoms with Crippen molar-refractivity contribution in [2.45, 2.75) is 44.9 Å². The van der Waals surface area contributed by atoms with Crippen LogP contribution in [0.3, 0.4) is 0 Å². The van der Waals surface area contributed by atoms with Gasteiger partial charge in [-0.3, -0.25) is 0 Å². The molecule has 0 aromatic heterocycles. The first-order chi connectivity index (χ1) is 9.25. The Kier molecular flexibility index (Phi) is 3.99. The predicted octanol–water partition coefficient (Wildman–Crippen LogP) is 3.89. The Morgan fingerprint density at radius 2 is 1.84 bits per heavy atom. The molecule has 1 saturated heterocycles. The van der Waals surface area contributed by atoms with Gasteiger partial charge in [-0.2, -0.15) is 0 Å². The third kappa shape index (κ3) is 2.75. The lowest BCUT2D eigenvalue weighted by Crippen LogP contribution is -2.18.